The van der Waals surface area contributed by atoms with Crippen molar-refractivity contribution in [2.24, 2.45) is 5.92 Å². The van der Waals surface area contributed by atoms with Crippen molar-refractivity contribution in [2.45, 2.75) is 51.3 Å². The molecule has 1 unspecified atom stereocenters. The highest BCUT2D eigenvalue weighted by atomic mass is 16.6. The van der Waals surface area contributed by atoms with Crippen molar-refractivity contribution in [2.75, 3.05) is 0 Å². The third-order valence-corrected chi connectivity index (χ3v) is 2.99. The maximum absolute atomic E-state index is 11.9. The number of aliphatic carboxylic acids is 1. The van der Waals surface area contributed by atoms with Gasteiger partial charge in [0.05, 0.1) is 0 Å². The molecule has 1 saturated heterocycles. The molecule has 0 spiro atoms. The molecule has 2 aliphatic rings. The van der Waals surface area contributed by atoms with Crippen molar-refractivity contribution in [3.05, 3.63) is 0 Å². The SMILES string of the molecule is CC(C)(C)OC(=O)N1C(C(=O)O)C[C@H]2C[C@H]21. The van der Waals surface area contributed by atoms with Gasteiger partial charge in [0.1, 0.15) is 11.6 Å². The number of hydrogen-bond donors (Lipinski definition) is 1. The van der Waals surface area contributed by atoms with Crippen LogP contribution in [0.2, 0.25) is 0 Å². The van der Waals surface area contributed by atoms with Gasteiger partial charge < -0.3 is 9.84 Å². The summed E-state index contributed by atoms with van der Waals surface area (Å²) in [6.45, 7) is 5.34. The average molecular weight is 227 g/mol. The van der Waals surface area contributed by atoms with Gasteiger partial charge in [-0.3, -0.25) is 4.90 Å². The number of carbonyl (C=O) groups excluding carboxylic acids is 1. The van der Waals surface area contributed by atoms with Crippen LogP contribution in [0.3, 0.4) is 0 Å². The molecule has 1 aliphatic carbocycles. The molecule has 2 rings (SSSR count). The Balaban J connectivity index is 2.07. The van der Waals surface area contributed by atoms with Crippen molar-refractivity contribution < 1.29 is 19.4 Å². The Morgan fingerprint density at radius 3 is 2.44 bits per heavy atom. The number of hydrogen-bond acceptors (Lipinski definition) is 3. The standard InChI is InChI=1S/C11H17NO4/c1-11(2,3)16-10(15)12-7-4-6(7)5-8(12)9(13)14/h6-8H,4-5H2,1-3H3,(H,13,14)/t6-,7-,8?/m1/s1. The molecule has 5 nitrogen and oxygen atoms in total. The van der Waals surface area contributed by atoms with E-state index < -0.39 is 23.7 Å². The van der Waals surface area contributed by atoms with Crippen LogP contribution in [0.4, 0.5) is 4.79 Å². The summed E-state index contributed by atoms with van der Waals surface area (Å²) < 4.78 is 5.22. The van der Waals surface area contributed by atoms with E-state index in [4.69, 9.17) is 9.84 Å². The van der Waals surface area contributed by atoms with Gasteiger partial charge in [-0.25, -0.2) is 9.59 Å². The molecule has 1 heterocycles. The molecule has 5 heteroatoms. The predicted octanol–water partition coefficient (Wildman–Crippen LogP) is 1.47. The summed E-state index contributed by atoms with van der Waals surface area (Å²) in [6, 6.07) is -0.602. The monoisotopic (exact) mass is 227 g/mol. The van der Waals surface area contributed by atoms with Crippen LogP contribution in [0.25, 0.3) is 0 Å². The highest BCUT2D eigenvalue weighted by Gasteiger charge is 2.57. The number of likely N-dealkylation sites (tertiary alicyclic amines) is 1. The molecule has 2 fully saturated rings. The normalized spacial score (nSPS) is 32.2. The van der Waals surface area contributed by atoms with E-state index in [9.17, 15) is 9.59 Å². The smallest absolute Gasteiger partial charge is 0.411 e. The molecular weight excluding hydrogens is 210 g/mol. The predicted molar refractivity (Wildman–Crippen MR) is 56.0 cm³/mol. The van der Waals surface area contributed by atoms with Gasteiger partial charge in [0.15, 0.2) is 0 Å². The van der Waals surface area contributed by atoms with Crippen LogP contribution in [0, 0.1) is 5.92 Å². The lowest BCUT2D eigenvalue weighted by Gasteiger charge is -2.28. The summed E-state index contributed by atoms with van der Waals surface area (Å²) in [7, 11) is 0. The average Bonchev–Trinajstić information content (AvgIpc) is 2.73. The first-order valence-electron chi connectivity index (χ1n) is 5.54. The van der Waals surface area contributed by atoms with E-state index in [1.807, 2.05) is 0 Å². The lowest BCUT2D eigenvalue weighted by atomic mass is 10.2. The number of ether oxygens (including phenoxy) is 1. The molecule has 1 amide bonds. The number of rotatable bonds is 1. The fraction of sp³-hybridized carbons (Fsp3) is 0.818. The second-order valence-corrected chi connectivity index (χ2v) is 5.54. The number of carbonyl (C=O) groups is 2. The summed E-state index contributed by atoms with van der Waals surface area (Å²) >= 11 is 0. The zero-order chi connectivity index (χ0) is 12.1. The Morgan fingerprint density at radius 2 is 1.94 bits per heavy atom. The van der Waals surface area contributed by atoms with Gasteiger partial charge >= 0.3 is 12.1 Å². The summed E-state index contributed by atoms with van der Waals surface area (Å²) in [5.41, 5.74) is -0.576. The second kappa shape index (κ2) is 3.37. The second-order valence-electron chi connectivity index (χ2n) is 5.54. The minimum Gasteiger partial charge on any atom is -0.480 e. The third kappa shape index (κ3) is 1.99. The van der Waals surface area contributed by atoms with Crippen molar-refractivity contribution in [1.82, 2.24) is 4.90 Å². The van der Waals surface area contributed by atoms with E-state index in [1.165, 1.54) is 4.90 Å². The molecule has 1 N–H and O–H groups in total. The Kier molecular flexibility index (Phi) is 2.36. The fourth-order valence-electron chi connectivity index (χ4n) is 2.25. The molecule has 16 heavy (non-hydrogen) atoms. The van der Waals surface area contributed by atoms with Crippen LogP contribution in [-0.2, 0) is 9.53 Å². The van der Waals surface area contributed by atoms with Gasteiger partial charge in [-0.2, -0.15) is 0 Å². The number of carboxylic acid groups (broad SMARTS) is 1. The molecule has 3 atom stereocenters. The quantitative estimate of drug-likeness (QED) is 0.736. The maximum Gasteiger partial charge on any atom is 0.411 e. The first-order chi connectivity index (χ1) is 7.29. The molecular formula is C11H17NO4. The summed E-state index contributed by atoms with van der Waals surface area (Å²) in [4.78, 5) is 24.3. The zero-order valence-corrected chi connectivity index (χ0v) is 9.77. The van der Waals surface area contributed by atoms with Crippen molar-refractivity contribution in [3.8, 4) is 0 Å². The largest absolute Gasteiger partial charge is 0.480 e. The van der Waals surface area contributed by atoms with Crippen LogP contribution in [-0.4, -0.2) is 39.8 Å². The summed E-state index contributed by atoms with van der Waals surface area (Å²) in [5.74, 6) is -0.563. The molecule has 0 aromatic heterocycles. The summed E-state index contributed by atoms with van der Waals surface area (Å²) in [5, 5.41) is 9.02. The third-order valence-electron chi connectivity index (χ3n) is 2.99. The molecule has 1 saturated carbocycles. The highest BCUT2D eigenvalue weighted by molar-refractivity contribution is 5.82. The lowest BCUT2D eigenvalue weighted by molar-refractivity contribution is -0.142. The molecule has 0 aromatic rings. The fourth-order valence-corrected chi connectivity index (χ4v) is 2.25. The molecule has 0 aromatic carbocycles. The number of carboxylic acids is 1. The van der Waals surface area contributed by atoms with Crippen molar-refractivity contribution in [1.29, 1.82) is 0 Å². The number of piperidine rings is 1. The Morgan fingerprint density at radius 1 is 1.31 bits per heavy atom. The van der Waals surface area contributed by atoms with Gasteiger partial charge in [-0.1, -0.05) is 0 Å². The number of amides is 1. The maximum atomic E-state index is 11.9. The van der Waals surface area contributed by atoms with E-state index in [-0.39, 0.29) is 6.04 Å². The molecule has 1 aliphatic heterocycles. The Bertz CT molecular complexity index is 333. The molecule has 90 valence electrons. The van der Waals surface area contributed by atoms with E-state index in [1.54, 1.807) is 20.8 Å². The van der Waals surface area contributed by atoms with Crippen molar-refractivity contribution in [3.63, 3.8) is 0 Å². The Hall–Kier alpha value is -1.26. The van der Waals surface area contributed by atoms with Crippen LogP contribution < -0.4 is 0 Å². The topological polar surface area (TPSA) is 66.8 Å². The number of nitrogens with zero attached hydrogens (tertiary/aromatic N) is 1. The molecule has 0 bridgehead atoms. The van der Waals surface area contributed by atoms with Gasteiger partial charge in [0.2, 0.25) is 0 Å². The van der Waals surface area contributed by atoms with E-state index in [0.717, 1.165) is 6.42 Å². The first-order valence-corrected chi connectivity index (χ1v) is 5.54. The van der Waals surface area contributed by atoms with Crippen LogP contribution in [0.15, 0.2) is 0 Å². The number of fused-ring (bicyclic) bond motifs is 1. The lowest BCUT2D eigenvalue weighted by Crippen LogP contribution is -2.45. The van der Waals surface area contributed by atoms with Gasteiger partial charge in [0, 0.05) is 6.04 Å². The van der Waals surface area contributed by atoms with Crippen LogP contribution >= 0.6 is 0 Å². The van der Waals surface area contributed by atoms with E-state index in [0.29, 0.717) is 12.3 Å². The van der Waals surface area contributed by atoms with Gasteiger partial charge in [-0.15, -0.1) is 0 Å². The van der Waals surface area contributed by atoms with Gasteiger partial charge in [-0.05, 0) is 39.5 Å². The highest BCUT2D eigenvalue weighted by Crippen LogP contribution is 2.48. The minimum atomic E-state index is -0.932. The zero-order valence-electron chi connectivity index (χ0n) is 9.77. The van der Waals surface area contributed by atoms with E-state index >= 15 is 0 Å². The minimum absolute atomic E-state index is 0.0935. The van der Waals surface area contributed by atoms with Gasteiger partial charge in [0.25, 0.3) is 0 Å². The molecule has 0 radical (unpaired) electrons. The first kappa shape index (κ1) is 11.2. The Labute approximate surface area is 94.4 Å². The van der Waals surface area contributed by atoms with E-state index in [2.05, 4.69) is 0 Å². The van der Waals surface area contributed by atoms with Crippen molar-refractivity contribution >= 4 is 12.1 Å². The van der Waals surface area contributed by atoms with Crippen LogP contribution in [0.5, 0.6) is 0 Å². The summed E-state index contributed by atoms with van der Waals surface area (Å²) in [6.07, 6.45) is 0.993. The van der Waals surface area contributed by atoms with Crippen LogP contribution in [0.1, 0.15) is 33.6 Å².